The number of rotatable bonds is 10. The van der Waals surface area contributed by atoms with E-state index in [2.05, 4.69) is 32.5 Å². The van der Waals surface area contributed by atoms with E-state index in [9.17, 15) is 8.42 Å². The Morgan fingerprint density at radius 1 is 0.963 bits per heavy atom. The van der Waals surface area contributed by atoms with Gasteiger partial charge >= 0.3 is 0 Å². The van der Waals surface area contributed by atoms with E-state index in [-0.39, 0.29) is 11.4 Å². The molecule has 0 heterocycles. The number of sulfonamides is 1. The average molecular weight is 407 g/mol. The summed E-state index contributed by atoms with van der Waals surface area (Å²) in [5.41, 5.74) is 0. The molecule has 8 heteroatoms. The quantitative estimate of drug-likeness (QED) is 0.244. The highest BCUT2D eigenvalue weighted by Crippen LogP contribution is 2.15. The molecule has 0 saturated heterocycles. The van der Waals surface area contributed by atoms with Crippen LogP contribution in [-0.4, -0.2) is 46.3 Å². The largest absolute Gasteiger partial charge is 0.357 e. The first-order valence-electron chi connectivity index (χ1n) is 8.86. The van der Waals surface area contributed by atoms with Crippen molar-refractivity contribution in [1.82, 2.24) is 15.4 Å². The molecule has 0 atom stereocenters. The highest BCUT2D eigenvalue weighted by Gasteiger charge is 2.11. The molecule has 0 aliphatic heterocycles. The van der Waals surface area contributed by atoms with Crippen LogP contribution in [0.4, 0.5) is 0 Å². The minimum absolute atomic E-state index is 0.243. The van der Waals surface area contributed by atoms with Gasteiger partial charge in [-0.15, -0.1) is 11.8 Å². The molecule has 0 aliphatic carbocycles. The second kappa shape index (κ2) is 11.6. The van der Waals surface area contributed by atoms with Crippen molar-refractivity contribution in [2.24, 2.45) is 4.99 Å². The third-order valence-corrected chi connectivity index (χ3v) is 5.97. The maximum absolute atomic E-state index is 12.2. The fourth-order valence-corrected chi connectivity index (χ4v) is 4.06. The van der Waals surface area contributed by atoms with Gasteiger partial charge in [-0.2, -0.15) is 0 Å². The minimum Gasteiger partial charge on any atom is -0.357 e. The Morgan fingerprint density at radius 2 is 1.63 bits per heavy atom. The molecule has 0 bridgehead atoms. The molecule has 2 rings (SSSR count). The van der Waals surface area contributed by atoms with Crippen LogP contribution < -0.4 is 15.4 Å². The van der Waals surface area contributed by atoms with Gasteiger partial charge in [-0.1, -0.05) is 36.4 Å². The van der Waals surface area contributed by atoms with Crippen molar-refractivity contribution in [2.75, 3.05) is 31.9 Å². The summed E-state index contributed by atoms with van der Waals surface area (Å²) in [5.74, 6) is 1.60. The highest BCUT2D eigenvalue weighted by atomic mass is 32.2. The zero-order valence-corrected chi connectivity index (χ0v) is 17.0. The van der Waals surface area contributed by atoms with E-state index < -0.39 is 10.0 Å². The molecule has 0 spiro atoms. The van der Waals surface area contributed by atoms with Crippen LogP contribution in [0.25, 0.3) is 0 Å². The van der Waals surface area contributed by atoms with Gasteiger partial charge in [-0.05, 0) is 31.2 Å². The Morgan fingerprint density at radius 3 is 2.30 bits per heavy atom. The fourth-order valence-electron chi connectivity index (χ4n) is 2.23. The number of benzene rings is 2. The first kappa shape index (κ1) is 21.3. The lowest BCUT2D eigenvalue weighted by molar-refractivity contribution is 0.582. The molecule has 0 radical (unpaired) electrons. The van der Waals surface area contributed by atoms with Crippen LogP contribution >= 0.6 is 11.8 Å². The van der Waals surface area contributed by atoms with Crippen LogP contribution in [-0.2, 0) is 10.0 Å². The van der Waals surface area contributed by atoms with Gasteiger partial charge in [-0.25, -0.2) is 13.1 Å². The highest BCUT2D eigenvalue weighted by molar-refractivity contribution is 7.99. The summed E-state index contributed by atoms with van der Waals surface area (Å²) in [5, 5.41) is 6.42. The van der Waals surface area contributed by atoms with Gasteiger partial charge in [0.05, 0.1) is 11.4 Å². The molecular weight excluding hydrogens is 380 g/mol. The molecular formula is C19H26N4O2S2. The van der Waals surface area contributed by atoms with Crippen molar-refractivity contribution in [1.29, 1.82) is 0 Å². The molecule has 27 heavy (non-hydrogen) atoms. The van der Waals surface area contributed by atoms with Crippen molar-refractivity contribution in [3.63, 3.8) is 0 Å². The number of hydrogen-bond acceptors (Lipinski definition) is 4. The van der Waals surface area contributed by atoms with Crippen LogP contribution in [0.3, 0.4) is 0 Å². The lowest BCUT2D eigenvalue weighted by Gasteiger charge is -2.11. The van der Waals surface area contributed by atoms with Crippen molar-refractivity contribution in [3.8, 4) is 0 Å². The number of thioether (sulfide) groups is 1. The molecule has 0 amide bonds. The Balaban J connectivity index is 1.74. The standard InChI is InChI=1S/C19H26N4O2S2/c1-2-20-19(22-15-16-26-17-9-5-3-6-10-17)21-13-14-23-27(24,25)18-11-7-4-8-12-18/h3-12,23H,2,13-16H2,1H3,(H2,20,21,22). The predicted octanol–water partition coefficient (Wildman–Crippen LogP) is 2.31. The van der Waals surface area contributed by atoms with Crippen molar-refractivity contribution >= 4 is 27.7 Å². The second-order valence-electron chi connectivity index (χ2n) is 5.56. The van der Waals surface area contributed by atoms with Crippen LogP contribution in [0, 0.1) is 0 Å². The minimum atomic E-state index is -3.49. The van der Waals surface area contributed by atoms with Gasteiger partial charge < -0.3 is 10.6 Å². The summed E-state index contributed by atoms with van der Waals surface area (Å²) in [4.78, 5) is 5.91. The predicted molar refractivity (Wildman–Crippen MR) is 113 cm³/mol. The Bertz CT molecular complexity index is 797. The zero-order chi connectivity index (χ0) is 19.4. The molecule has 6 nitrogen and oxygen atoms in total. The van der Waals surface area contributed by atoms with E-state index in [1.54, 1.807) is 42.1 Å². The Hall–Kier alpha value is -2.03. The molecule has 146 valence electrons. The average Bonchev–Trinajstić information content (AvgIpc) is 2.70. The number of hydrogen-bond donors (Lipinski definition) is 3. The van der Waals surface area contributed by atoms with E-state index >= 15 is 0 Å². The maximum atomic E-state index is 12.2. The SMILES string of the molecule is CCNC(=NCCNS(=O)(=O)c1ccccc1)NCCSc1ccccc1. The van der Waals surface area contributed by atoms with Crippen LogP contribution in [0.5, 0.6) is 0 Å². The summed E-state index contributed by atoms with van der Waals surface area (Å²) in [6.45, 7) is 4.10. The van der Waals surface area contributed by atoms with E-state index in [0.29, 0.717) is 12.5 Å². The molecule has 2 aromatic rings. The second-order valence-corrected chi connectivity index (χ2v) is 8.50. The first-order valence-corrected chi connectivity index (χ1v) is 11.3. The van der Waals surface area contributed by atoms with E-state index in [1.807, 2.05) is 25.1 Å². The summed E-state index contributed by atoms with van der Waals surface area (Å²) in [6, 6.07) is 18.6. The molecule has 0 saturated carbocycles. The van der Waals surface area contributed by atoms with Gasteiger partial charge in [-0.3, -0.25) is 4.99 Å². The van der Waals surface area contributed by atoms with Crippen molar-refractivity contribution in [2.45, 2.75) is 16.7 Å². The third-order valence-electron chi connectivity index (χ3n) is 3.48. The summed E-state index contributed by atoms with van der Waals surface area (Å²) in [7, 11) is -3.49. The van der Waals surface area contributed by atoms with Gasteiger partial charge in [0.2, 0.25) is 10.0 Å². The maximum Gasteiger partial charge on any atom is 0.240 e. The number of nitrogens with one attached hydrogen (secondary N) is 3. The first-order chi connectivity index (χ1) is 13.1. The molecule has 3 N–H and O–H groups in total. The summed E-state index contributed by atoms with van der Waals surface area (Å²) < 4.78 is 26.9. The molecule has 0 fully saturated rings. The van der Waals surface area contributed by atoms with E-state index in [1.165, 1.54) is 4.90 Å². The zero-order valence-electron chi connectivity index (χ0n) is 15.4. The van der Waals surface area contributed by atoms with Gasteiger partial charge in [0, 0.05) is 30.3 Å². The van der Waals surface area contributed by atoms with Gasteiger partial charge in [0.15, 0.2) is 5.96 Å². The van der Waals surface area contributed by atoms with Crippen LogP contribution in [0.1, 0.15) is 6.92 Å². The number of nitrogens with zero attached hydrogens (tertiary/aromatic N) is 1. The smallest absolute Gasteiger partial charge is 0.240 e. The molecule has 0 aromatic heterocycles. The molecule has 0 aliphatic rings. The van der Waals surface area contributed by atoms with Crippen LogP contribution in [0.2, 0.25) is 0 Å². The van der Waals surface area contributed by atoms with Crippen molar-refractivity contribution in [3.05, 3.63) is 60.7 Å². The lowest BCUT2D eigenvalue weighted by Crippen LogP contribution is -2.39. The summed E-state index contributed by atoms with van der Waals surface area (Å²) >= 11 is 1.77. The third kappa shape index (κ3) is 8.03. The van der Waals surface area contributed by atoms with Crippen molar-refractivity contribution < 1.29 is 8.42 Å². The van der Waals surface area contributed by atoms with Gasteiger partial charge in [0.1, 0.15) is 0 Å². The number of guanidine groups is 1. The Labute approximate surface area is 165 Å². The molecule has 0 unspecified atom stereocenters. The normalized spacial score (nSPS) is 12.0. The monoisotopic (exact) mass is 406 g/mol. The van der Waals surface area contributed by atoms with Crippen LogP contribution in [0.15, 0.2) is 75.4 Å². The fraction of sp³-hybridized carbons (Fsp3) is 0.316. The summed E-state index contributed by atoms with van der Waals surface area (Å²) in [6.07, 6.45) is 0. The lowest BCUT2D eigenvalue weighted by atomic mass is 10.4. The topological polar surface area (TPSA) is 82.6 Å². The van der Waals surface area contributed by atoms with Gasteiger partial charge in [0.25, 0.3) is 0 Å². The van der Waals surface area contributed by atoms with E-state index in [0.717, 1.165) is 18.8 Å². The Kier molecular flexibility index (Phi) is 9.17. The number of aliphatic imine (C=N–C) groups is 1. The van der Waals surface area contributed by atoms with E-state index in [4.69, 9.17) is 0 Å². The molecule has 2 aromatic carbocycles.